The van der Waals surface area contributed by atoms with Gasteiger partial charge in [0.25, 0.3) is 0 Å². The molecule has 0 spiro atoms. The molecule has 1 fully saturated rings. The van der Waals surface area contributed by atoms with E-state index in [1.807, 2.05) is 6.07 Å². The van der Waals surface area contributed by atoms with Crippen LogP contribution >= 0.6 is 0 Å². The number of aliphatic carboxylic acids is 1. The van der Waals surface area contributed by atoms with Crippen LogP contribution in [0.2, 0.25) is 0 Å². The summed E-state index contributed by atoms with van der Waals surface area (Å²) in [6, 6.07) is 11.3. The first-order valence-electron chi connectivity index (χ1n) is 11.7. The summed E-state index contributed by atoms with van der Waals surface area (Å²) in [4.78, 5) is 12.3. The third-order valence-electron chi connectivity index (χ3n) is 7.00. The van der Waals surface area contributed by atoms with Gasteiger partial charge in [0.1, 0.15) is 11.6 Å². The van der Waals surface area contributed by atoms with E-state index in [0.29, 0.717) is 37.2 Å². The van der Waals surface area contributed by atoms with Gasteiger partial charge in [0, 0.05) is 5.56 Å². The standard InChI is InChI=1S/C27H34F2O2/c1-2-3-4-5-6-20-15-17-27(18-16-20,26(30)31)24-14-11-22(19-25(24)29)8-7-21-9-12-23(28)13-10-21/h9-14,19-20H,2-8,15-18H2,1H3,(H,30,31). The van der Waals surface area contributed by atoms with Crippen molar-refractivity contribution in [3.8, 4) is 0 Å². The van der Waals surface area contributed by atoms with Gasteiger partial charge >= 0.3 is 5.97 Å². The number of halogens is 2. The number of rotatable bonds is 10. The molecular weight excluding hydrogens is 394 g/mol. The average molecular weight is 429 g/mol. The van der Waals surface area contributed by atoms with Gasteiger partial charge in [-0.25, -0.2) is 8.78 Å². The SMILES string of the molecule is CCCCCCC1CCC(C(=O)O)(c2ccc(CCc3ccc(F)cc3)cc2F)CC1. The fourth-order valence-corrected chi connectivity index (χ4v) is 4.96. The summed E-state index contributed by atoms with van der Waals surface area (Å²) in [5.74, 6) is -1.04. The lowest BCUT2D eigenvalue weighted by atomic mass is 9.65. The third kappa shape index (κ3) is 5.93. The van der Waals surface area contributed by atoms with Gasteiger partial charge in [0.15, 0.2) is 0 Å². The summed E-state index contributed by atoms with van der Waals surface area (Å²) < 4.78 is 28.1. The van der Waals surface area contributed by atoms with Crippen molar-refractivity contribution in [1.29, 1.82) is 0 Å². The smallest absolute Gasteiger partial charge is 0.314 e. The number of hydrogen-bond acceptors (Lipinski definition) is 1. The zero-order chi connectivity index (χ0) is 22.3. The number of benzene rings is 2. The minimum absolute atomic E-state index is 0.270. The molecule has 0 saturated heterocycles. The summed E-state index contributed by atoms with van der Waals surface area (Å²) >= 11 is 0. The molecule has 0 aliphatic heterocycles. The van der Waals surface area contributed by atoms with E-state index in [1.165, 1.54) is 43.9 Å². The Morgan fingerprint density at radius 3 is 2.23 bits per heavy atom. The maximum absolute atomic E-state index is 15.1. The first kappa shape index (κ1) is 23.4. The lowest BCUT2D eigenvalue weighted by Crippen LogP contribution is -2.40. The van der Waals surface area contributed by atoms with Crippen LogP contribution in [0.1, 0.15) is 81.4 Å². The zero-order valence-corrected chi connectivity index (χ0v) is 18.5. The molecule has 1 aliphatic rings. The van der Waals surface area contributed by atoms with Gasteiger partial charge in [-0.15, -0.1) is 0 Å². The Morgan fingerprint density at radius 2 is 1.61 bits per heavy atom. The number of aryl methyl sites for hydroxylation is 2. The summed E-state index contributed by atoms with van der Waals surface area (Å²) in [6.45, 7) is 2.20. The number of carboxylic acids is 1. The van der Waals surface area contributed by atoms with Crippen molar-refractivity contribution >= 4 is 5.97 Å². The van der Waals surface area contributed by atoms with Crippen molar-refractivity contribution in [2.75, 3.05) is 0 Å². The van der Waals surface area contributed by atoms with Gasteiger partial charge in [-0.3, -0.25) is 4.79 Å². The number of carboxylic acid groups (broad SMARTS) is 1. The molecule has 168 valence electrons. The van der Waals surface area contributed by atoms with E-state index in [9.17, 15) is 14.3 Å². The summed E-state index contributed by atoms with van der Waals surface area (Å²) in [6.07, 6.45) is 10.1. The van der Waals surface area contributed by atoms with Crippen LogP contribution in [0.25, 0.3) is 0 Å². The highest BCUT2D eigenvalue weighted by molar-refractivity contribution is 5.81. The Morgan fingerprint density at radius 1 is 0.968 bits per heavy atom. The van der Waals surface area contributed by atoms with Crippen molar-refractivity contribution in [3.05, 3.63) is 70.8 Å². The lowest BCUT2D eigenvalue weighted by Gasteiger charge is -2.37. The van der Waals surface area contributed by atoms with E-state index in [2.05, 4.69) is 6.92 Å². The van der Waals surface area contributed by atoms with E-state index in [-0.39, 0.29) is 5.82 Å². The highest BCUT2D eigenvalue weighted by atomic mass is 19.1. The molecule has 0 radical (unpaired) electrons. The molecule has 2 aromatic rings. The fourth-order valence-electron chi connectivity index (χ4n) is 4.96. The molecule has 0 amide bonds. The highest BCUT2D eigenvalue weighted by Crippen LogP contribution is 2.44. The predicted molar refractivity (Wildman–Crippen MR) is 120 cm³/mol. The fraction of sp³-hybridized carbons (Fsp3) is 0.519. The molecule has 4 heteroatoms. The molecule has 31 heavy (non-hydrogen) atoms. The largest absolute Gasteiger partial charge is 0.481 e. The van der Waals surface area contributed by atoms with Gasteiger partial charge in [0.05, 0.1) is 5.41 Å². The van der Waals surface area contributed by atoms with E-state index in [4.69, 9.17) is 0 Å². The number of unbranched alkanes of at least 4 members (excludes halogenated alkanes) is 3. The quantitative estimate of drug-likeness (QED) is 0.405. The average Bonchev–Trinajstić information content (AvgIpc) is 2.77. The second kappa shape index (κ2) is 10.9. The van der Waals surface area contributed by atoms with Gasteiger partial charge in [0.2, 0.25) is 0 Å². The van der Waals surface area contributed by atoms with Gasteiger partial charge in [-0.2, -0.15) is 0 Å². The summed E-state index contributed by atoms with van der Waals surface area (Å²) in [7, 11) is 0. The Kier molecular flexibility index (Phi) is 8.22. The van der Waals surface area contributed by atoms with Gasteiger partial charge in [-0.05, 0) is 73.8 Å². The first-order chi connectivity index (χ1) is 14.9. The summed E-state index contributed by atoms with van der Waals surface area (Å²) in [5, 5.41) is 10.0. The predicted octanol–water partition coefficient (Wildman–Crippen LogP) is 7.23. The second-order valence-electron chi connectivity index (χ2n) is 9.12. The topological polar surface area (TPSA) is 37.3 Å². The Balaban J connectivity index is 1.65. The zero-order valence-electron chi connectivity index (χ0n) is 18.5. The van der Waals surface area contributed by atoms with Gasteiger partial charge in [-0.1, -0.05) is 63.3 Å². The van der Waals surface area contributed by atoms with E-state index in [1.54, 1.807) is 18.2 Å². The Labute approximate surface area is 184 Å². The molecule has 1 saturated carbocycles. The van der Waals surface area contributed by atoms with Crippen LogP contribution in [-0.4, -0.2) is 11.1 Å². The van der Waals surface area contributed by atoms with Gasteiger partial charge < -0.3 is 5.11 Å². The third-order valence-corrected chi connectivity index (χ3v) is 7.00. The van der Waals surface area contributed by atoms with Crippen LogP contribution in [0.4, 0.5) is 8.78 Å². The van der Waals surface area contributed by atoms with Crippen LogP contribution in [0.15, 0.2) is 42.5 Å². The highest BCUT2D eigenvalue weighted by Gasteiger charge is 2.44. The second-order valence-corrected chi connectivity index (χ2v) is 9.12. The molecular formula is C27H34F2O2. The maximum Gasteiger partial charge on any atom is 0.314 e. The molecule has 0 heterocycles. The molecule has 2 aromatic carbocycles. The Hall–Kier alpha value is -2.23. The van der Waals surface area contributed by atoms with E-state index in [0.717, 1.165) is 30.4 Å². The van der Waals surface area contributed by atoms with Crippen LogP contribution in [-0.2, 0) is 23.1 Å². The van der Waals surface area contributed by atoms with Crippen molar-refractivity contribution in [1.82, 2.24) is 0 Å². The molecule has 0 atom stereocenters. The maximum atomic E-state index is 15.1. The minimum Gasteiger partial charge on any atom is -0.481 e. The van der Waals surface area contributed by atoms with E-state index >= 15 is 4.39 Å². The molecule has 0 unspecified atom stereocenters. The lowest BCUT2D eigenvalue weighted by molar-refractivity contribution is -0.145. The van der Waals surface area contributed by atoms with Crippen molar-refractivity contribution in [3.63, 3.8) is 0 Å². The summed E-state index contributed by atoms with van der Waals surface area (Å²) in [5.41, 5.74) is 1.04. The van der Waals surface area contributed by atoms with Crippen LogP contribution in [0, 0.1) is 17.6 Å². The molecule has 3 rings (SSSR count). The normalized spacial score (nSPS) is 21.2. The molecule has 2 nitrogen and oxygen atoms in total. The molecule has 1 aliphatic carbocycles. The van der Waals surface area contributed by atoms with E-state index < -0.39 is 17.2 Å². The number of carbonyl (C=O) groups is 1. The number of hydrogen-bond donors (Lipinski definition) is 1. The van der Waals surface area contributed by atoms with Crippen LogP contribution in [0.5, 0.6) is 0 Å². The van der Waals surface area contributed by atoms with Crippen LogP contribution in [0.3, 0.4) is 0 Å². The molecule has 0 bridgehead atoms. The van der Waals surface area contributed by atoms with Crippen molar-refractivity contribution in [2.24, 2.45) is 5.92 Å². The van der Waals surface area contributed by atoms with Crippen molar-refractivity contribution < 1.29 is 18.7 Å². The van der Waals surface area contributed by atoms with Crippen molar-refractivity contribution in [2.45, 2.75) is 83.0 Å². The minimum atomic E-state index is -1.11. The Bertz CT molecular complexity index is 852. The molecule has 1 N–H and O–H groups in total. The molecule has 0 aromatic heterocycles. The monoisotopic (exact) mass is 428 g/mol. The first-order valence-corrected chi connectivity index (χ1v) is 11.7. The van der Waals surface area contributed by atoms with Crippen LogP contribution < -0.4 is 0 Å².